The number of aliphatic hydroxyl groups excluding tert-OH is 1. The fourth-order valence-electron chi connectivity index (χ4n) is 5.29. The van der Waals surface area contributed by atoms with Gasteiger partial charge < -0.3 is 39.9 Å². The number of Topliss-reactive ketones (excluding diaryl/α,β-unsaturated/α-hetero) is 1. The number of aliphatic carboxylic acids is 1. The van der Waals surface area contributed by atoms with Crippen LogP contribution in [0.15, 0.2) is 55.1 Å². The molecule has 55 heavy (non-hydrogen) atoms. The maximum absolute atomic E-state index is 14.1. The van der Waals surface area contributed by atoms with Crippen molar-refractivity contribution in [3.8, 4) is 11.1 Å². The number of rotatable bonds is 19. The van der Waals surface area contributed by atoms with Gasteiger partial charge in [0.2, 0.25) is 6.29 Å². The fourth-order valence-corrected chi connectivity index (χ4v) is 5.29. The normalized spacial score (nSPS) is 12.6. The van der Waals surface area contributed by atoms with Crippen LogP contribution in [0, 0.1) is 11.3 Å². The smallest absolute Gasteiger partial charge is 0.481 e. The Morgan fingerprint density at radius 1 is 0.982 bits per heavy atom. The summed E-state index contributed by atoms with van der Waals surface area (Å²) in [6.45, 7) is 8.01. The Morgan fingerprint density at radius 2 is 1.69 bits per heavy atom. The van der Waals surface area contributed by atoms with Gasteiger partial charge in [0, 0.05) is 36.7 Å². The molecule has 15 nitrogen and oxygen atoms in total. The van der Waals surface area contributed by atoms with Gasteiger partial charge in [-0.05, 0) is 84.7 Å². The number of esters is 2. The predicted octanol–water partition coefficient (Wildman–Crippen LogP) is 5.29. The molecule has 1 atom stereocenters. The average molecular weight is 758 g/mol. The minimum atomic E-state index is -1.43. The number of carboxylic acid groups (broad SMARTS) is 1. The number of carbonyl (C=O) groups excluding carboxylic acids is 5. The lowest BCUT2D eigenvalue weighted by Crippen LogP contribution is -2.28. The number of hydrogen-bond acceptors (Lipinski definition) is 13. The van der Waals surface area contributed by atoms with E-state index in [1.807, 2.05) is 0 Å². The van der Waals surface area contributed by atoms with E-state index < -0.39 is 54.8 Å². The Hall–Kier alpha value is -6.22. The number of ether oxygens (including phenoxy) is 4. The SMILES string of the molecule is C=Cc1cc(C(=O)Cc2ccc(C(=N)CC(=O)OCCC(=O)O)cc2)c(-c2ccc(C(=O)NCC3CC3)nc2C(=O)OC(C)OC(=O)OC(C)C)cc1CO. The zero-order chi connectivity index (χ0) is 40.2. The van der Waals surface area contributed by atoms with E-state index in [2.05, 4.69) is 16.9 Å². The van der Waals surface area contributed by atoms with Crippen LogP contribution in [0.4, 0.5) is 4.79 Å². The molecule has 1 amide bonds. The number of benzene rings is 2. The Labute approximate surface area is 317 Å². The van der Waals surface area contributed by atoms with E-state index >= 15 is 0 Å². The van der Waals surface area contributed by atoms with E-state index in [4.69, 9.17) is 29.5 Å². The molecule has 290 valence electrons. The van der Waals surface area contributed by atoms with Gasteiger partial charge in [0.25, 0.3) is 5.91 Å². The number of pyridine rings is 1. The van der Waals surface area contributed by atoms with Crippen LogP contribution in [0.1, 0.15) is 100 Å². The number of amides is 1. The van der Waals surface area contributed by atoms with Crippen LogP contribution >= 0.6 is 0 Å². The standard InChI is InChI=1S/C40H43N3O12/c1-5-26-17-31(34(45)16-24-8-10-27(11-9-24)32(41)19-36(48)52-15-14-35(46)47)30(18-28(26)21-44)29-12-13-33(38(49)42-20-25-6-7-25)43-37(29)39(50)54-23(4)55-40(51)53-22(2)3/h5,8-13,17-18,22-23,25,41,44H,1,6-7,14-16,19-21H2,2-4H3,(H,42,49)(H,46,47). The van der Waals surface area contributed by atoms with Gasteiger partial charge in [-0.2, -0.15) is 0 Å². The second kappa shape index (κ2) is 19.2. The molecule has 1 saturated carbocycles. The number of carboxylic acids is 1. The van der Waals surface area contributed by atoms with Gasteiger partial charge in [-0.25, -0.2) is 14.6 Å². The topological polar surface area (TPSA) is 229 Å². The first-order valence-electron chi connectivity index (χ1n) is 17.5. The summed E-state index contributed by atoms with van der Waals surface area (Å²) in [5.41, 5.74) is 1.65. The quantitative estimate of drug-likeness (QED) is 0.0401. The van der Waals surface area contributed by atoms with Crippen molar-refractivity contribution in [3.05, 3.63) is 94.3 Å². The van der Waals surface area contributed by atoms with E-state index in [0.29, 0.717) is 34.7 Å². The summed E-state index contributed by atoms with van der Waals surface area (Å²) in [4.78, 5) is 79.9. The molecule has 1 aromatic heterocycles. The van der Waals surface area contributed by atoms with Crippen LogP contribution in [0.5, 0.6) is 0 Å². The van der Waals surface area contributed by atoms with E-state index in [9.17, 15) is 33.9 Å². The summed E-state index contributed by atoms with van der Waals surface area (Å²) in [7, 11) is 0. The molecule has 2 aromatic carbocycles. The van der Waals surface area contributed by atoms with Crippen LogP contribution in [0.25, 0.3) is 17.2 Å². The maximum atomic E-state index is 14.1. The van der Waals surface area contributed by atoms with Crippen molar-refractivity contribution >= 4 is 47.5 Å². The van der Waals surface area contributed by atoms with Gasteiger partial charge in [0.1, 0.15) is 12.3 Å². The highest BCUT2D eigenvalue weighted by Crippen LogP contribution is 2.33. The molecular formula is C40H43N3O12. The highest BCUT2D eigenvalue weighted by atomic mass is 16.8. The van der Waals surface area contributed by atoms with Gasteiger partial charge >= 0.3 is 24.1 Å². The van der Waals surface area contributed by atoms with E-state index in [1.54, 1.807) is 38.1 Å². The summed E-state index contributed by atoms with van der Waals surface area (Å²) in [6, 6.07) is 12.2. The van der Waals surface area contributed by atoms with Crippen molar-refractivity contribution in [2.45, 2.75) is 71.9 Å². The van der Waals surface area contributed by atoms with Crippen molar-refractivity contribution < 1.29 is 57.9 Å². The third kappa shape index (κ3) is 12.2. The highest BCUT2D eigenvalue weighted by molar-refractivity contribution is 6.09. The molecule has 15 heteroatoms. The molecule has 0 spiro atoms. The third-order valence-electron chi connectivity index (χ3n) is 8.26. The molecule has 1 heterocycles. The van der Waals surface area contributed by atoms with Gasteiger partial charge in [-0.15, -0.1) is 0 Å². The van der Waals surface area contributed by atoms with E-state index in [1.165, 1.54) is 37.3 Å². The lowest BCUT2D eigenvalue weighted by atomic mass is 9.89. The van der Waals surface area contributed by atoms with Crippen LogP contribution in [0.3, 0.4) is 0 Å². The molecule has 1 fully saturated rings. The lowest BCUT2D eigenvalue weighted by Gasteiger charge is -2.18. The first kappa shape index (κ1) is 41.5. The van der Waals surface area contributed by atoms with Crippen LogP contribution in [0.2, 0.25) is 0 Å². The minimum absolute atomic E-state index is 0.0659. The van der Waals surface area contributed by atoms with Gasteiger partial charge in [-0.1, -0.05) is 36.9 Å². The van der Waals surface area contributed by atoms with Crippen molar-refractivity contribution in [3.63, 3.8) is 0 Å². The number of aliphatic hydroxyl groups is 1. The zero-order valence-electron chi connectivity index (χ0n) is 30.7. The first-order chi connectivity index (χ1) is 26.2. The Bertz CT molecular complexity index is 1970. The molecule has 4 rings (SSSR count). The largest absolute Gasteiger partial charge is 0.511 e. The maximum Gasteiger partial charge on any atom is 0.511 e. The molecule has 1 aliphatic rings. The zero-order valence-corrected chi connectivity index (χ0v) is 30.7. The van der Waals surface area contributed by atoms with Crippen LogP contribution in [-0.4, -0.2) is 82.2 Å². The second-order valence-corrected chi connectivity index (χ2v) is 13.0. The lowest BCUT2D eigenvalue weighted by molar-refractivity contribution is -0.145. The molecular weight excluding hydrogens is 714 g/mol. The van der Waals surface area contributed by atoms with Crippen LogP contribution in [-0.2, 0) is 41.6 Å². The monoisotopic (exact) mass is 757 g/mol. The summed E-state index contributed by atoms with van der Waals surface area (Å²) >= 11 is 0. The molecule has 0 aliphatic heterocycles. The Balaban J connectivity index is 1.66. The first-order valence-corrected chi connectivity index (χ1v) is 17.5. The molecule has 1 aliphatic carbocycles. The summed E-state index contributed by atoms with van der Waals surface area (Å²) in [5.74, 6) is -3.51. The summed E-state index contributed by atoms with van der Waals surface area (Å²) in [5, 5.41) is 30.0. The number of ketones is 1. The molecule has 0 bridgehead atoms. The Morgan fingerprint density at radius 3 is 2.31 bits per heavy atom. The summed E-state index contributed by atoms with van der Waals surface area (Å²) < 4.78 is 20.3. The number of aromatic nitrogens is 1. The molecule has 4 N–H and O–H groups in total. The second-order valence-electron chi connectivity index (χ2n) is 13.0. The molecule has 3 aromatic rings. The number of nitrogens with one attached hydrogen (secondary N) is 2. The highest BCUT2D eigenvalue weighted by Gasteiger charge is 2.28. The molecule has 0 radical (unpaired) electrons. The number of nitrogens with zero attached hydrogens (tertiary/aromatic N) is 1. The minimum Gasteiger partial charge on any atom is -0.481 e. The third-order valence-corrected chi connectivity index (χ3v) is 8.26. The summed E-state index contributed by atoms with van der Waals surface area (Å²) in [6.07, 6.45) is -0.416. The Kier molecular flexibility index (Phi) is 14.5. The fraction of sp³-hybridized carbons (Fsp3) is 0.350. The number of carbonyl (C=O) groups is 6. The van der Waals surface area contributed by atoms with Crippen LogP contribution < -0.4 is 5.32 Å². The van der Waals surface area contributed by atoms with Gasteiger partial charge in [0.15, 0.2) is 11.5 Å². The molecule has 1 unspecified atom stereocenters. The number of hydrogen-bond donors (Lipinski definition) is 4. The van der Waals surface area contributed by atoms with Gasteiger partial charge in [0.05, 0.1) is 25.6 Å². The van der Waals surface area contributed by atoms with Crippen molar-refractivity contribution in [1.29, 1.82) is 5.41 Å². The van der Waals surface area contributed by atoms with E-state index in [0.717, 1.165) is 12.8 Å². The molecule has 0 saturated heterocycles. The van der Waals surface area contributed by atoms with E-state index in [-0.39, 0.29) is 59.7 Å². The average Bonchev–Trinajstić information content (AvgIpc) is 3.97. The predicted molar refractivity (Wildman–Crippen MR) is 197 cm³/mol. The van der Waals surface area contributed by atoms with Gasteiger partial charge in [-0.3, -0.25) is 19.2 Å². The van der Waals surface area contributed by atoms with Crippen molar-refractivity contribution in [2.75, 3.05) is 13.2 Å². The van der Waals surface area contributed by atoms with Crippen molar-refractivity contribution in [1.82, 2.24) is 10.3 Å². The van der Waals surface area contributed by atoms with Crippen molar-refractivity contribution in [2.24, 2.45) is 5.92 Å².